The van der Waals surface area contributed by atoms with E-state index in [0.29, 0.717) is 22.7 Å². The Morgan fingerprint density at radius 2 is 1.76 bits per heavy atom. The Balaban J connectivity index is 1.55. The number of carbonyl (C=O) groups is 2. The lowest BCUT2D eigenvalue weighted by Gasteiger charge is -2.06. The first kappa shape index (κ1) is 20.8. The topological polar surface area (TPSA) is 105 Å². The number of nitrogens with zero attached hydrogens (tertiary/aromatic N) is 2. The molecule has 7 nitrogen and oxygen atoms in total. The molecule has 3 rings (SSSR count). The molecule has 2 aromatic carbocycles. The number of anilines is 1. The fraction of sp³-hybridized carbons (Fsp3) is 0.150. The van der Waals surface area contributed by atoms with Crippen molar-refractivity contribution in [2.24, 2.45) is 0 Å². The number of Topliss-reactive ketones (excluding diaryl/α,β-unsaturated/α-hetero) is 1. The van der Waals surface area contributed by atoms with E-state index in [0.717, 1.165) is 17.3 Å². The monoisotopic (exact) mass is 428 g/mol. The quantitative estimate of drug-likeness (QED) is 0.441. The van der Waals surface area contributed by atoms with Gasteiger partial charge in [0.2, 0.25) is 5.91 Å². The maximum Gasteiger partial charge on any atom is 0.273 e. The molecule has 29 heavy (non-hydrogen) atoms. The number of aromatic nitrogens is 3. The number of rotatable bonds is 7. The van der Waals surface area contributed by atoms with Gasteiger partial charge < -0.3 is 5.32 Å². The molecule has 0 fully saturated rings. The standard InChI is InChI=1S/C20H17ClN4O3S/c1-12(26)14-4-8-16(9-5-14)22-18(27)11-29-20-23-19(28)17(24-25-20)10-13-2-6-15(21)7-3-13/h2-9H,10-11H2,1H3,(H,22,27)(H,23,25,28). The van der Waals surface area contributed by atoms with Crippen LogP contribution >= 0.6 is 23.4 Å². The third kappa shape index (κ3) is 6.00. The summed E-state index contributed by atoms with van der Waals surface area (Å²) in [5.74, 6) is -0.255. The molecule has 0 spiro atoms. The molecule has 3 aromatic rings. The van der Waals surface area contributed by atoms with E-state index in [4.69, 9.17) is 11.6 Å². The molecule has 148 valence electrons. The minimum Gasteiger partial charge on any atom is -0.325 e. The Kier molecular flexibility index (Phi) is 6.79. The van der Waals surface area contributed by atoms with Crippen molar-refractivity contribution in [3.05, 3.63) is 80.7 Å². The summed E-state index contributed by atoms with van der Waals surface area (Å²) in [6.07, 6.45) is 0.335. The van der Waals surface area contributed by atoms with Crippen LogP contribution in [0.4, 0.5) is 5.69 Å². The second-order valence-electron chi connectivity index (χ2n) is 6.18. The Labute approximate surface area is 175 Å². The zero-order valence-electron chi connectivity index (χ0n) is 15.4. The van der Waals surface area contributed by atoms with Gasteiger partial charge in [0, 0.05) is 22.7 Å². The van der Waals surface area contributed by atoms with Crippen molar-refractivity contribution < 1.29 is 9.59 Å². The second kappa shape index (κ2) is 9.49. The molecule has 0 saturated heterocycles. The van der Waals surface area contributed by atoms with Gasteiger partial charge in [0.05, 0.1) is 5.75 Å². The van der Waals surface area contributed by atoms with Crippen molar-refractivity contribution in [2.45, 2.75) is 18.5 Å². The number of thioether (sulfide) groups is 1. The summed E-state index contributed by atoms with van der Waals surface area (Å²) in [6.45, 7) is 1.48. The van der Waals surface area contributed by atoms with Gasteiger partial charge in [-0.05, 0) is 48.9 Å². The van der Waals surface area contributed by atoms with Gasteiger partial charge in [0.1, 0.15) is 5.69 Å². The van der Waals surface area contributed by atoms with Crippen LogP contribution in [-0.4, -0.2) is 32.6 Å². The van der Waals surface area contributed by atoms with Crippen LogP contribution in [0.2, 0.25) is 5.02 Å². The van der Waals surface area contributed by atoms with Crippen LogP contribution in [0.5, 0.6) is 0 Å². The molecule has 1 amide bonds. The molecule has 2 N–H and O–H groups in total. The number of ketones is 1. The summed E-state index contributed by atoms with van der Waals surface area (Å²) in [6, 6.07) is 13.7. The molecule has 0 bridgehead atoms. The van der Waals surface area contributed by atoms with Gasteiger partial charge in [0.15, 0.2) is 10.9 Å². The van der Waals surface area contributed by atoms with Crippen LogP contribution in [-0.2, 0) is 11.2 Å². The van der Waals surface area contributed by atoms with E-state index < -0.39 is 0 Å². The largest absolute Gasteiger partial charge is 0.325 e. The minimum absolute atomic E-state index is 0.0412. The van der Waals surface area contributed by atoms with Gasteiger partial charge in [-0.15, -0.1) is 10.2 Å². The number of carbonyl (C=O) groups excluding carboxylic acids is 2. The zero-order valence-corrected chi connectivity index (χ0v) is 17.0. The van der Waals surface area contributed by atoms with Gasteiger partial charge >= 0.3 is 0 Å². The lowest BCUT2D eigenvalue weighted by molar-refractivity contribution is -0.113. The van der Waals surface area contributed by atoms with Crippen LogP contribution in [0.15, 0.2) is 58.5 Å². The van der Waals surface area contributed by atoms with Crippen molar-refractivity contribution >= 4 is 40.7 Å². The number of benzene rings is 2. The van der Waals surface area contributed by atoms with Gasteiger partial charge in [0.25, 0.3) is 5.56 Å². The Bertz CT molecular complexity index is 1080. The number of hydrogen-bond acceptors (Lipinski definition) is 6. The van der Waals surface area contributed by atoms with E-state index in [1.807, 2.05) is 12.1 Å². The average molecular weight is 429 g/mol. The highest BCUT2D eigenvalue weighted by Crippen LogP contribution is 2.14. The first-order chi connectivity index (χ1) is 13.9. The summed E-state index contributed by atoms with van der Waals surface area (Å²) < 4.78 is 0. The lowest BCUT2D eigenvalue weighted by atomic mass is 10.1. The van der Waals surface area contributed by atoms with Crippen molar-refractivity contribution in [3.8, 4) is 0 Å². The van der Waals surface area contributed by atoms with Crippen LogP contribution in [0.25, 0.3) is 0 Å². The summed E-state index contributed by atoms with van der Waals surface area (Å²) in [4.78, 5) is 38.2. The second-order valence-corrected chi connectivity index (χ2v) is 7.58. The summed E-state index contributed by atoms with van der Waals surface area (Å²) in [7, 11) is 0. The number of hydrogen-bond donors (Lipinski definition) is 2. The zero-order chi connectivity index (χ0) is 20.8. The van der Waals surface area contributed by atoms with E-state index in [1.54, 1.807) is 36.4 Å². The summed E-state index contributed by atoms with van der Waals surface area (Å²) in [5.41, 5.74) is 1.98. The van der Waals surface area contributed by atoms with E-state index in [-0.39, 0.29) is 33.9 Å². The first-order valence-corrected chi connectivity index (χ1v) is 10.0. The molecule has 0 aliphatic carbocycles. The van der Waals surface area contributed by atoms with Crippen molar-refractivity contribution in [1.82, 2.24) is 15.2 Å². The van der Waals surface area contributed by atoms with E-state index in [9.17, 15) is 14.4 Å². The molecule has 0 saturated carbocycles. The number of nitrogens with one attached hydrogen (secondary N) is 2. The maximum absolute atomic E-state index is 12.2. The molecular formula is C20H17ClN4O3S. The normalized spacial score (nSPS) is 10.6. The number of halogens is 1. The highest BCUT2D eigenvalue weighted by molar-refractivity contribution is 7.99. The average Bonchev–Trinajstić information content (AvgIpc) is 2.70. The smallest absolute Gasteiger partial charge is 0.273 e. The Morgan fingerprint density at radius 3 is 2.38 bits per heavy atom. The lowest BCUT2D eigenvalue weighted by Crippen LogP contribution is -2.19. The van der Waals surface area contributed by atoms with Crippen molar-refractivity contribution in [1.29, 1.82) is 0 Å². The molecule has 0 unspecified atom stereocenters. The highest BCUT2D eigenvalue weighted by atomic mass is 35.5. The number of amides is 1. The Morgan fingerprint density at radius 1 is 1.07 bits per heavy atom. The maximum atomic E-state index is 12.2. The first-order valence-electron chi connectivity index (χ1n) is 8.64. The molecule has 0 aliphatic heterocycles. The van der Waals surface area contributed by atoms with Gasteiger partial charge in [-0.25, -0.2) is 0 Å². The molecule has 0 radical (unpaired) electrons. The molecule has 1 aromatic heterocycles. The third-order valence-electron chi connectivity index (χ3n) is 3.94. The van der Waals surface area contributed by atoms with Crippen molar-refractivity contribution in [2.75, 3.05) is 11.1 Å². The van der Waals surface area contributed by atoms with E-state index >= 15 is 0 Å². The molecule has 0 atom stereocenters. The number of H-pyrrole nitrogens is 1. The summed E-state index contributed by atoms with van der Waals surface area (Å²) in [5, 5.41) is 11.5. The number of aromatic amines is 1. The summed E-state index contributed by atoms with van der Waals surface area (Å²) >= 11 is 6.93. The molecule has 0 aliphatic rings. The Hall–Kier alpha value is -2.97. The van der Waals surface area contributed by atoms with Gasteiger partial charge in [-0.3, -0.25) is 19.4 Å². The third-order valence-corrected chi connectivity index (χ3v) is 5.06. The minimum atomic E-state index is -0.349. The predicted molar refractivity (Wildman–Crippen MR) is 113 cm³/mol. The van der Waals surface area contributed by atoms with Crippen LogP contribution in [0.1, 0.15) is 28.5 Å². The van der Waals surface area contributed by atoms with E-state index in [1.165, 1.54) is 6.92 Å². The molecule has 1 heterocycles. The molecular weight excluding hydrogens is 412 g/mol. The fourth-order valence-corrected chi connectivity index (χ4v) is 3.17. The van der Waals surface area contributed by atoms with Gasteiger partial charge in [-0.1, -0.05) is 35.5 Å². The van der Waals surface area contributed by atoms with E-state index in [2.05, 4.69) is 20.5 Å². The van der Waals surface area contributed by atoms with Crippen molar-refractivity contribution in [3.63, 3.8) is 0 Å². The SMILES string of the molecule is CC(=O)c1ccc(NC(=O)CSc2nnc(Cc3ccc(Cl)cc3)c(=O)[nH]2)cc1. The fourth-order valence-electron chi connectivity index (χ4n) is 2.44. The van der Waals surface area contributed by atoms with Crippen LogP contribution < -0.4 is 10.9 Å². The predicted octanol–water partition coefficient (Wildman–Crippen LogP) is 3.34. The van der Waals surface area contributed by atoms with Crippen LogP contribution in [0, 0.1) is 0 Å². The van der Waals surface area contributed by atoms with Gasteiger partial charge in [-0.2, -0.15) is 0 Å². The highest BCUT2D eigenvalue weighted by Gasteiger charge is 2.09. The van der Waals surface area contributed by atoms with Crippen LogP contribution in [0.3, 0.4) is 0 Å². The molecule has 9 heteroatoms.